The highest BCUT2D eigenvalue weighted by molar-refractivity contribution is 6.05. The lowest BCUT2D eigenvalue weighted by molar-refractivity contribution is 0.101. The topological polar surface area (TPSA) is 88.0 Å². The number of hydrogen-bond donors (Lipinski definition) is 2. The van der Waals surface area contributed by atoms with E-state index < -0.39 is 23.0 Å². The summed E-state index contributed by atoms with van der Waals surface area (Å²) in [6.07, 6.45) is 1.33. The summed E-state index contributed by atoms with van der Waals surface area (Å²) in [5.41, 5.74) is 1.03. The van der Waals surface area contributed by atoms with Gasteiger partial charge in [-0.25, -0.2) is 9.37 Å². The Hall–Kier alpha value is -2.57. The lowest BCUT2D eigenvalue weighted by Crippen LogP contribution is -2.17. The maximum absolute atomic E-state index is 13.6. The minimum Gasteiger partial charge on any atom is -0.507 e. The third-order valence-electron chi connectivity index (χ3n) is 2.95. The summed E-state index contributed by atoms with van der Waals surface area (Å²) in [6.45, 7) is 3.85. The van der Waals surface area contributed by atoms with Gasteiger partial charge in [0.15, 0.2) is 0 Å². The van der Waals surface area contributed by atoms with E-state index >= 15 is 0 Å². The van der Waals surface area contributed by atoms with Gasteiger partial charge in [-0.2, -0.15) is 0 Å². The van der Waals surface area contributed by atoms with Crippen LogP contribution in [0.4, 0.5) is 10.3 Å². The fraction of sp³-hybridized carbons (Fsp3) is 0.286. The number of hydrogen-bond acceptors (Lipinski definition) is 5. The lowest BCUT2D eigenvalue weighted by atomic mass is 10.2. The molecule has 21 heavy (non-hydrogen) atoms. The molecule has 1 amide bonds. The van der Waals surface area contributed by atoms with Crippen LogP contribution in [0.25, 0.3) is 0 Å². The van der Waals surface area contributed by atoms with Gasteiger partial charge in [0.25, 0.3) is 5.91 Å². The predicted octanol–water partition coefficient (Wildman–Crippen LogP) is 2.09. The molecule has 6 nitrogen and oxygen atoms in total. The van der Waals surface area contributed by atoms with E-state index in [1.54, 1.807) is 0 Å². The molecule has 0 aliphatic rings. The lowest BCUT2D eigenvalue weighted by Gasteiger charge is -2.08. The summed E-state index contributed by atoms with van der Waals surface area (Å²) in [6, 6.07) is 3.63. The second kappa shape index (κ2) is 6.25. The Labute approximate surface area is 121 Å². The monoisotopic (exact) mass is 290 g/mol. The largest absolute Gasteiger partial charge is 0.507 e. The molecule has 2 aromatic rings. The van der Waals surface area contributed by atoms with Gasteiger partial charge in [0.05, 0.1) is 11.4 Å². The Bertz CT molecular complexity index is 656. The van der Waals surface area contributed by atoms with Crippen LogP contribution in [0.5, 0.6) is 5.75 Å². The molecular formula is C14H15FN4O2. The van der Waals surface area contributed by atoms with Crippen LogP contribution < -0.4 is 5.32 Å². The molecule has 2 N–H and O–H groups in total. The number of phenols is 1. The molecule has 0 fully saturated rings. The van der Waals surface area contributed by atoms with E-state index in [-0.39, 0.29) is 5.95 Å². The number of aromatic nitrogens is 3. The molecule has 0 saturated carbocycles. The van der Waals surface area contributed by atoms with Crippen LogP contribution in [0.1, 0.15) is 35.6 Å². The van der Waals surface area contributed by atoms with E-state index in [9.17, 15) is 14.3 Å². The molecule has 0 radical (unpaired) electrons. The Balaban J connectivity index is 2.28. The quantitative estimate of drug-likeness (QED) is 0.900. The number of anilines is 1. The fourth-order valence-electron chi connectivity index (χ4n) is 1.89. The van der Waals surface area contributed by atoms with E-state index in [0.29, 0.717) is 12.8 Å². The molecule has 0 spiro atoms. The molecule has 0 aliphatic heterocycles. The molecule has 1 aromatic heterocycles. The fourth-order valence-corrected chi connectivity index (χ4v) is 1.89. The van der Waals surface area contributed by atoms with Gasteiger partial charge in [-0.05, 0) is 25.0 Å². The number of benzene rings is 1. The van der Waals surface area contributed by atoms with Crippen LogP contribution in [0.15, 0.2) is 18.2 Å². The summed E-state index contributed by atoms with van der Waals surface area (Å²) in [7, 11) is 0. The SMILES string of the molecule is CCc1nnc(NC(=O)c2c(O)cccc2F)nc1CC. The first kappa shape index (κ1) is 14.8. The van der Waals surface area contributed by atoms with Gasteiger partial charge in [0.2, 0.25) is 5.95 Å². The summed E-state index contributed by atoms with van der Waals surface area (Å²) in [5, 5.41) is 19.7. The van der Waals surface area contributed by atoms with Crippen LogP contribution in [-0.2, 0) is 12.8 Å². The van der Waals surface area contributed by atoms with Crippen molar-refractivity contribution in [3.05, 3.63) is 41.0 Å². The van der Waals surface area contributed by atoms with Crippen molar-refractivity contribution in [1.82, 2.24) is 15.2 Å². The first-order valence-corrected chi connectivity index (χ1v) is 6.58. The minimum atomic E-state index is -0.821. The van der Waals surface area contributed by atoms with E-state index in [0.717, 1.165) is 17.5 Å². The Morgan fingerprint density at radius 2 is 1.95 bits per heavy atom. The number of phenolic OH excluding ortho intramolecular Hbond substituents is 1. The second-order valence-corrected chi connectivity index (χ2v) is 4.32. The summed E-state index contributed by atoms with van der Waals surface area (Å²) in [4.78, 5) is 16.2. The first-order chi connectivity index (χ1) is 10.1. The molecule has 1 aromatic carbocycles. The number of nitrogens with one attached hydrogen (secondary N) is 1. The van der Waals surface area contributed by atoms with Crippen molar-refractivity contribution >= 4 is 11.9 Å². The maximum Gasteiger partial charge on any atom is 0.264 e. The third-order valence-corrected chi connectivity index (χ3v) is 2.95. The third kappa shape index (κ3) is 3.13. The average Bonchev–Trinajstić information content (AvgIpc) is 2.46. The highest BCUT2D eigenvalue weighted by Gasteiger charge is 2.18. The number of carbonyl (C=O) groups is 1. The molecule has 1 heterocycles. The van der Waals surface area contributed by atoms with Gasteiger partial charge in [-0.15, -0.1) is 10.2 Å². The van der Waals surface area contributed by atoms with Gasteiger partial charge in [-0.3, -0.25) is 10.1 Å². The van der Waals surface area contributed by atoms with Crippen molar-refractivity contribution < 1.29 is 14.3 Å². The van der Waals surface area contributed by atoms with Gasteiger partial charge in [-0.1, -0.05) is 19.9 Å². The van der Waals surface area contributed by atoms with Gasteiger partial charge >= 0.3 is 0 Å². The number of aryl methyl sites for hydroxylation is 2. The Morgan fingerprint density at radius 1 is 1.24 bits per heavy atom. The van der Waals surface area contributed by atoms with E-state index in [4.69, 9.17) is 0 Å². The van der Waals surface area contributed by atoms with E-state index in [2.05, 4.69) is 20.5 Å². The summed E-state index contributed by atoms with van der Waals surface area (Å²) < 4.78 is 13.6. The van der Waals surface area contributed by atoms with Crippen molar-refractivity contribution in [2.45, 2.75) is 26.7 Å². The van der Waals surface area contributed by atoms with E-state index in [1.807, 2.05) is 13.8 Å². The number of aromatic hydroxyl groups is 1. The van der Waals surface area contributed by atoms with Crippen molar-refractivity contribution in [2.75, 3.05) is 5.32 Å². The molecule has 0 unspecified atom stereocenters. The normalized spacial score (nSPS) is 10.4. The number of rotatable bonds is 4. The summed E-state index contributed by atoms with van der Waals surface area (Å²) in [5.74, 6) is -2.10. The van der Waals surface area contributed by atoms with Crippen LogP contribution in [0.3, 0.4) is 0 Å². The molecule has 7 heteroatoms. The number of amides is 1. The van der Waals surface area contributed by atoms with Crippen molar-refractivity contribution in [3.8, 4) is 5.75 Å². The highest BCUT2D eigenvalue weighted by atomic mass is 19.1. The van der Waals surface area contributed by atoms with Crippen molar-refractivity contribution in [1.29, 1.82) is 0 Å². The van der Waals surface area contributed by atoms with Crippen LogP contribution in [-0.4, -0.2) is 26.2 Å². The smallest absolute Gasteiger partial charge is 0.264 e. The molecule has 0 aliphatic carbocycles. The molecular weight excluding hydrogens is 275 g/mol. The van der Waals surface area contributed by atoms with Crippen molar-refractivity contribution in [2.24, 2.45) is 0 Å². The van der Waals surface area contributed by atoms with E-state index in [1.165, 1.54) is 12.1 Å². The molecule has 0 bridgehead atoms. The van der Waals surface area contributed by atoms with Crippen molar-refractivity contribution in [3.63, 3.8) is 0 Å². The summed E-state index contributed by atoms with van der Waals surface area (Å²) >= 11 is 0. The maximum atomic E-state index is 13.6. The average molecular weight is 290 g/mol. The molecule has 2 rings (SSSR count). The molecule has 0 atom stereocenters. The predicted molar refractivity (Wildman–Crippen MR) is 74.6 cm³/mol. The number of nitrogens with zero attached hydrogens (tertiary/aromatic N) is 3. The van der Waals surface area contributed by atoms with Crippen LogP contribution >= 0.6 is 0 Å². The first-order valence-electron chi connectivity index (χ1n) is 6.58. The van der Waals surface area contributed by atoms with Gasteiger partial charge in [0, 0.05) is 0 Å². The number of carbonyl (C=O) groups excluding carboxylic acids is 1. The molecule has 0 saturated heterocycles. The zero-order valence-electron chi connectivity index (χ0n) is 11.7. The number of halogens is 1. The Kier molecular flexibility index (Phi) is 4.42. The van der Waals surface area contributed by atoms with Gasteiger partial charge < -0.3 is 5.11 Å². The van der Waals surface area contributed by atoms with Crippen LogP contribution in [0.2, 0.25) is 0 Å². The standard InChI is InChI=1S/C14H15FN4O2/c1-3-9-10(4-2)18-19-14(16-9)17-13(21)12-8(15)6-5-7-11(12)20/h5-7,20H,3-4H2,1-2H3,(H,16,17,19,21). The second-order valence-electron chi connectivity index (χ2n) is 4.32. The van der Waals surface area contributed by atoms with Crippen LogP contribution in [0, 0.1) is 5.82 Å². The Morgan fingerprint density at radius 3 is 2.57 bits per heavy atom. The van der Waals surface area contributed by atoms with Gasteiger partial charge in [0.1, 0.15) is 17.1 Å². The molecule has 110 valence electrons. The zero-order chi connectivity index (χ0) is 15.4. The minimum absolute atomic E-state index is 0.0169. The zero-order valence-corrected chi connectivity index (χ0v) is 11.7. The highest BCUT2D eigenvalue weighted by Crippen LogP contribution is 2.20.